The molecule has 2 amide bonds. The molecule has 1 aliphatic carbocycles. The maximum atomic E-state index is 12.6. The fourth-order valence-electron chi connectivity index (χ4n) is 4.01. The predicted octanol–water partition coefficient (Wildman–Crippen LogP) is 2.43. The Morgan fingerprint density at radius 1 is 1.11 bits per heavy atom. The molecule has 2 heterocycles. The van der Waals surface area contributed by atoms with Crippen molar-refractivity contribution in [2.24, 2.45) is 5.92 Å². The van der Waals surface area contributed by atoms with E-state index in [4.69, 9.17) is 4.74 Å². The smallest absolute Gasteiger partial charge is 0.317 e. The third kappa shape index (κ3) is 5.58. The van der Waals surface area contributed by atoms with Crippen LogP contribution in [-0.2, 0) is 9.53 Å². The molecule has 1 saturated carbocycles. The summed E-state index contributed by atoms with van der Waals surface area (Å²) in [6.45, 7) is 3.17. The molecule has 0 bridgehead atoms. The molecule has 1 aliphatic heterocycles. The maximum absolute atomic E-state index is 12.6. The Morgan fingerprint density at radius 3 is 2.41 bits per heavy atom. The van der Waals surface area contributed by atoms with E-state index in [2.05, 4.69) is 15.2 Å². The summed E-state index contributed by atoms with van der Waals surface area (Å²) in [6, 6.07) is 4.33. The van der Waals surface area contributed by atoms with Gasteiger partial charge in [0.05, 0.1) is 7.11 Å². The molecule has 0 atom stereocenters. The lowest BCUT2D eigenvalue weighted by Gasteiger charge is -2.37. The fraction of sp³-hybridized carbons (Fsp3) is 0.650. The van der Waals surface area contributed by atoms with E-state index in [0.29, 0.717) is 12.3 Å². The summed E-state index contributed by atoms with van der Waals surface area (Å²) in [7, 11) is 1.44. The molecule has 0 radical (unpaired) electrons. The summed E-state index contributed by atoms with van der Waals surface area (Å²) >= 11 is 0. The number of nitrogens with zero attached hydrogens (tertiary/aromatic N) is 3. The zero-order valence-electron chi connectivity index (χ0n) is 16.1. The molecule has 27 heavy (non-hydrogen) atoms. The second-order valence-corrected chi connectivity index (χ2v) is 7.46. The highest BCUT2D eigenvalue weighted by Crippen LogP contribution is 2.28. The number of pyridine rings is 1. The number of nitrogens with one attached hydrogen (secondary N) is 1. The topological polar surface area (TPSA) is 74.8 Å². The van der Waals surface area contributed by atoms with E-state index in [9.17, 15) is 9.59 Å². The number of esters is 1. The van der Waals surface area contributed by atoms with Crippen molar-refractivity contribution in [3.8, 4) is 0 Å². The summed E-state index contributed by atoms with van der Waals surface area (Å²) in [5.74, 6) is 0.442. The van der Waals surface area contributed by atoms with Crippen LogP contribution in [0.15, 0.2) is 24.5 Å². The van der Waals surface area contributed by atoms with Gasteiger partial charge in [-0.1, -0.05) is 0 Å². The number of carbonyl (C=O) groups excluding carboxylic acids is 2. The summed E-state index contributed by atoms with van der Waals surface area (Å²) in [4.78, 5) is 32.1. The Kier molecular flexibility index (Phi) is 6.90. The Hall–Kier alpha value is -2.31. The molecule has 0 aromatic carbocycles. The Bertz CT molecular complexity index is 609. The lowest BCUT2D eigenvalue weighted by molar-refractivity contribution is -0.141. The minimum atomic E-state index is -0.128. The lowest BCUT2D eigenvalue weighted by Crippen LogP contribution is -2.53. The van der Waals surface area contributed by atoms with Crippen LogP contribution in [0.1, 0.15) is 38.5 Å². The van der Waals surface area contributed by atoms with Gasteiger partial charge in [0.15, 0.2) is 0 Å². The van der Waals surface area contributed by atoms with Gasteiger partial charge >= 0.3 is 12.0 Å². The van der Waals surface area contributed by atoms with E-state index >= 15 is 0 Å². The number of hydrogen-bond donors (Lipinski definition) is 1. The predicted molar refractivity (Wildman–Crippen MR) is 104 cm³/mol. The van der Waals surface area contributed by atoms with Crippen LogP contribution in [0.4, 0.5) is 10.5 Å². The molecule has 148 valence electrons. The number of anilines is 1. The number of methoxy groups -OCH3 is 1. The largest absolute Gasteiger partial charge is 0.469 e. The molecule has 0 spiro atoms. The highest BCUT2D eigenvalue weighted by atomic mass is 16.5. The van der Waals surface area contributed by atoms with Gasteiger partial charge in [0.25, 0.3) is 0 Å². The van der Waals surface area contributed by atoms with Gasteiger partial charge < -0.3 is 19.9 Å². The molecule has 1 N–H and O–H groups in total. The molecule has 1 aromatic heterocycles. The molecular weight excluding hydrogens is 344 g/mol. The summed E-state index contributed by atoms with van der Waals surface area (Å²) in [6.07, 6.45) is 9.12. The van der Waals surface area contributed by atoms with E-state index in [1.54, 1.807) is 12.4 Å². The van der Waals surface area contributed by atoms with Crippen molar-refractivity contribution in [2.75, 3.05) is 38.2 Å². The minimum Gasteiger partial charge on any atom is -0.469 e. The van der Waals surface area contributed by atoms with Gasteiger partial charge in [-0.05, 0) is 50.2 Å². The van der Waals surface area contributed by atoms with Crippen LogP contribution in [0.2, 0.25) is 0 Å². The van der Waals surface area contributed by atoms with Crippen molar-refractivity contribution in [1.29, 1.82) is 0 Å². The maximum Gasteiger partial charge on any atom is 0.317 e. The van der Waals surface area contributed by atoms with Gasteiger partial charge in [-0.2, -0.15) is 0 Å². The Morgan fingerprint density at radius 2 is 1.78 bits per heavy atom. The van der Waals surface area contributed by atoms with Crippen LogP contribution < -0.4 is 10.2 Å². The number of piperazine rings is 1. The van der Waals surface area contributed by atoms with Crippen molar-refractivity contribution >= 4 is 17.7 Å². The Labute approximate surface area is 161 Å². The SMILES string of the molecule is COC(=O)CC[C@H]1CC[C@H](NC(=O)N2CCN(c3ccncc3)CC2)CC1. The molecule has 7 heteroatoms. The number of aromatic nitrogens is 1. The highest BCUT2D eigenvalue weighted by Gasteiger charge is 2.26. The highest BCUT2D eigenvalue weighted by molar-refractivity contribution is 5.75. The quantitative estimate of drug-likeness (QED) is 0.801. The number of hydrogen-bond acceptors (Lipinski definition) is 5. The molecule has 3 rings (SSSR count). The van der Waals surface area contributed by atoms with Gasteiger partial charge in [-0.25, -0.2) is 4.79 Å². The van der Waals surface area contributed by atoms with Crippen LogP contribution in [0.25, 0.3) is 0 Å². The number of rotatable bonds is 5. The third-order valence-corrected chi connectivity index (χ3v) is 5.75. The van der Waals surface area contributed by atoms with Crippen molar-refractivity contribution in [2.45, 2.75) is 44.6 Å². The molecule has 7 nitrogen and oxygen atoms in total. The first-order chi connectivity index (χ1) is 13.2. The molecule has 1 saturated heterocycles. The summed E-state index contributed by atoms with van der Waals surface area (Å²) in [5, 5.41) is 3.21. The second-order valence-electron chi connectivity index (χ2n) is 7.46. The average Bonchev–Trinajstić information content (AvgIpc) is 2.73. The third-order valence-electron chi connectivity index (χ3n) is 5.75. The van der Waals surface area contributed by atoms with E-state index < -0.39 is 0 Å². The first kappa shape index (κ1) is 19.5. The normalized spacial score (nSPS) is 23.0. The van der Waals surface area contributed by atoms with Crippen LogP contribution in [-0.4, -0.2) is 61.2 Å². The van der Waals surface area contributed by atoms with Crippen molar-refractivity contribution in [1.82, 2.24) is 15.2 Å². The van der Waals surface area contributed by atoms with Crippen molar-refractivity contribution < 1.29 is 14.3 Å². The van der Waals surface area contributed by atoms with Crippen molar-refractivity contribution in [3.05, 3.63) is 24.5 Å². The molecule has 1 aromatic rings. The number of urea groups is 1. The van der Waals surface area contributed by atoms with Gasteiger partial charge in [-0.3, -0.25) is 9.78 Å². The van der Waals surface area contributed by atoms with E-state index in [1.807, 2.05) is 17.0 Å². The van der Waals surface area contributed by atoms with E-state index in [-0.39, 0.29) is 18.0 Å². The summed E-state index contributed by atoms with van der Waals surface area (Å²) in [5.41, 5.74) is 1.16. The van der Waals surface area contributed by atoms with Crippen LogP contribution >= 0.6 is 0 Å². The number of amides is 2. The van der Waals surface area contributed by atoms with E-state index in [1.165, 1.54) is 7.11 Å². The summed E-state index contributed by atoms with van der Waals surface area (Å²) < 4.78 is 4.71. The first-order valence-electron chi connectivity index (χ1n) is 9.93. The minimum absolute atomic E-state index is 0.0578. The van der Waals surface area contributed by atoms with Gasteiger partial charge in [0.2, 0.25) is 0 Å². The lowest BCUT2D eigenvalue weighted by atomic mass is 9.83. The van der Waals surface area contributed by atoms with Gasteiger partial charge in [-0.15, -0.1) is 0 Å². The zero-order chi connectivity index (χ0) is 19.1. The number of carbonyl (C=O) groups is 2. The van der Waals surface area contributed by atoms with Crippen LogP contribution in [0.5, 0.6) is 0 Å². The molecule has 2 fully saturated rings. The molecule has 2 aliphatic rings. The molecule has 0 unspecified atom stereocenters. The Balaban J connectivity index is 1.36. The first-order valence-corrected chi connectivity index (χ1v) is 9.93. The van der Waals surface area contributed by atoms with Gasteiger partial charge in [0, 0.05) is 56.7 Å². The molecular formula is C20H30N4O3. The average molecular weight is 374 g/mol. The van der Waals surface area contributed by atoms with Gasteiger partial charge in [0.1, 0.15) is 0 Å². The fourth-order valence-corrected chi connectivity index (χ4v) is 4.01. The van der Waals surface area contributed by atoms with Crippen LogP contribution in [0, 0.1) is 5.92 Å². The van der Waals surface area contributed by atoms with E-state index in [0.717, 1.165) is 64.0 Å². The van der Waals surface area contributed by atoms with Crippen molar-refractivity contribution in [3.63, 3.8) is 0 Å². The zero-order valence-corrected chi connectivity index (χ0v) is 16.1. The number of ether oxygens (including phenoxy) is 1. The van der Waals surface area contributed by atoms with Crippen LogP contribution in [0.3, 0.4) is 0 Å². The monoisotopic (exact) mass is 374 g/mol. The standard InChI is InChI=1S/C20H30N4O3/c1-27-19(25)7-4-16-2-5-17(6-3-16)22-20(26)24-14-12-23(13-15-24)18-8-10-21-11-9-18/h8-11,16-17H,2-7,12-15H2,1H3,(H,22,26)/t16-,17-. The second kappa shape index (κ2) is 9.58.